The van der Waals surface area contributed by atoms with E-state index in [9.17, 15) is 5.11 Å². The number of aliphatic hydroxyl groups is 1. The van der Waals surface area contributed by atoms with Crippen molar-refractivity contribution in [2.24, 2.45) is 0 Å². The van der Waals surface area contributed by atoms with Gasteiger partial charge in [0, 0.05) is 6.42 Å². The molecule has 0 aliphatic carbocycles. The first-order chi connectivity index (χ1) is 9.04. The maximum absolute atomic E-state index is 10.7. The summed E-state index contributed by atoms with van der Waals surface area (Å²) >= 11 is 0. The molecular weight excluding hydrogens is 238 g/mol. The summed E-state index contributed by atoms with van der Waals surface area (Å²) in [5.74, 6) is 1.38. The second-order valence-electron chi connectivity index (χ2n) is 5.88. The molecule has 2 N–H and O–H groups in total. The van der Waals surface area contributed by atoms with Crippen LogP contribution in [0.2, 0.25) is 0 Å². The maximum Gasteiger partial charge on any atom is 0.122 e. The Labute approximate surface area is 116 Å². The normalized spacial score (nSPS) is 18.6. The molecule has 1 aromatic rings. The number of hydrogen-bond acceptors (Lipinski definition) is 3. The molecule has 1 aromatic carbocycles. The van der Waals surface area contributed by atoms with Crippen LogP contribution in [0.3, 0.4) is 0 Å². The van der Waals surface area contributed by atoms with Crippen molar-refractivity contribution >= 4 is 0 Å². The van der Waals surface area contributed by atoms with Crippen molar-refractivity contribution in [2.45, 2.75) is 44.6 Å². The minimum absolute atomic E-state index is 0.493. The summed E-state index contributed by atoms with van der Waals surface area (Å²) < 4.78 is 5.44. The number of rotatable bonds is 4. The maximum atomic E-state index is 10.7. The highest BCUT2D eigenvalue weighted by atomic mass is 16.5. The van der Waals surface area contributed by atoms with Crippen molar-refractivity contribution < 1.29 is 9.84 Å². The average molecular weight is 263 g/mol. The molecule has 2 rings (SSSR count). The van der Waals surface area contributed by atoms with Crippen molar-refractivity contribution in [1.82, 2.24) is 5.32 Å². The van der Waals surface area contributed by atoms with Crippen LogP contribution in [0.15, 0.2) is 18.2 Å². The lowest BCUT2D eigenvalue weighted by atomic mass is 9.85. The predicted octanol–water partition coefficient (Wildman–Crippen LogP) is 2.48. The number of hydrogen-bond donors (Lipinski definition) is 2. The summed E-state index contributed by atoms with van der Waals surface area (Å²) in [5, 5.41) is 14.0. The molecule has 3 nitrogen and oxygen atoms in total. The quantitative estimate of drug-likeness (QED) is 0.877. The van der Waals surface area contributed by atoms with Crippen LogP contribution in [0.4, 0.5) is 0 Å². The van der Waals surface area contributed by atoms with Gasteiger partial charge in [0.25, 0.3) is 0 Å². The average Bonchev–Trinajstić information content (AvgIpc) is 2.39. The lowest BCUT2D eigenvalue weighted by Gasteiger charge is -2.33. The molecule has 0 unspecified atom stereocenters. The molecule has 1 aliphatic rings. The van der Waals surface area contributed by atoms with Gasteiger partial charge in [-0.15, -0.1) is 0 Å². The van der Waals surface area contributed by atoms with E-state index < -0.39 is 5.60 Å². The zero-order chi connectivity index (χ0) is 13.9. The molecule has 19 heavy (non-hydrogen) atoms. The van der Waals surface area contributed by atoms with E-state index in [1.54, 1.807) is 7.11 Å². The summed E-state index contributed by atoms with van der Waals surface area (Å²) in [5.41, 5.74) is 1.83. The van der Waals surface area contributed by atoms with E-state index >= 15 is 0 Å². The van der Waals surface area contributed by atoms with Gasteiger partial charge >= 0.3 is 0 Å². The fourth-order valence-corrected chi connectivity index (χ4v) is 2.72. The lowest BCUT2D eigenvalue weighted by Crippen LogP contribution is -2.43. The van der Waals surface area contributed by atoms with Gasteiger partial charge in [0.1, 0.15) is 5.75 Å². The zero-order valence-corrected chi connectivity index (χ0v) is 12.2. The fraction of sp³-hybridized carbons (Fsp3) is 0.625. The summed E-state index contributed by atoms with van der Waals surface area (Å²) in [6, 6.07) is 6.32. The molecule has 0 aromatic heterocycles. The third kappa shape index (κ3) is 3.48. The smallest absolute Gasteiger partial charge is 0.122 e. The van der Waals surface area contributed by atoms with E-state index in [0.717, 1.165) is 37.2 Å². The second-order valence-corrected chi connectivity index (χ2v) is 5.88. The van der Waals surface area contributed by atoms with Crippen LogP contribution in [-0.4, -0.2) is 30.9 Å². The molecule has 0 atom stereocenters. The Bertz CT molecular complexity index is 423. The van der Waals surface area contributed by atoms with Gasteiger partial charge in [0.15, 0.2) is 0 Å². The third-order valence-corrected chi connectivity index (χ3v) is 4.02. The van der Waals surface area contributed by atoms with Gasteiger partial charge in [-0.3, -0.25) is 0 Å². The van der Waals surface area contributed by atoms with Crippen molar-refractivity contribution in [2.75, 3.05) is 20.2 Å². The van der Waals surface area contributed by atoms with Gasteiger partial charge in [0.05, 0.1) is 12.7 Å². The minimum Gasteiger partial charge on any atom is -0.496 e. The Morgan fingerprint density at radius 1 is 1.32 bits per heavy atom. The van der Waals surface area contributed by atoms with Gasteiger partial charge in [-0.1, -0.05) is 26.0 Å². The van der Waals surface area contributed by atoms with Crippen LogP contribution in [0.1, 0.15) is 43.7 Å². The summed E-state index contributed by atoms with van der Waals surface area (Å²) in [4.78, 5) is 0. The molecule has 1 saturated heterocycles. The van der Waals surface area contributed by atoms with E-state index in [2.05, 4.69) is 31.3 Å². The fourth-order valence-electron chi connectivity index (χ4n) is 2.72. The van der Waals surface area contributed by atoms with Crippen molar-refractivity contribution in [3.63, 3.8) is 0 Å². The zero-order valence-electron chi connectivity index (χ0n) is 12.2. The topological polar surface area (TPSA) is 41.5 Å². The van der Waals surface area contributed by atoms with Crippen LogP contribution in [0.25, 0.3) is 0 Å². The molecule has 0 bridgehead atoms. The Morgan fingerprint density at radius 3 is 2.58 bits per heavy atom. The highest BCUT2D eigenvalue weighted by Crippen LogP contribution is 2.30. The first-order valence-electron chi connectivity index (χ1n) is 7.14. The Kier molecular flexibility index (Phi) is 4.48. The van der Waals surface area contributed by atoms with E-state index in [4.69, 9.17) is 4.74 Å². The Hall–Kier alpha value is -1.06. The summed E-state index contributed by atoms with van der Waals surface area (Å²) in [7, 11) is 1.69. The molecule has 1 aliphatic heterocycles. The molecule has 0 spiro atoms. The van der Waals surface area contributed by atoms with Crippen molar-refractivity contribution in [3.8, 4) is 5.75 Å². The Balaban J connectivity index is 2.23. The number of methoxy groups -OCH3 is 1. The molecular formula is C16H25NO2. The molecule has 1 heterocycles. The predicted molar refractivity (Wildman–Crippen MR) is 77.8 cm³/mol. The third-order valence-electron chi connectivity index (χ3n) is 4.02. The van der Waals surface area contributed by atoms with Crippen LogP contribution >= 0.6 is 0 Å². The summed E-state index contributed by atoms with van der Waals surface area (Å²) in [6.07, 6.45) is 2.29. The number of nitrogens with one attached hydrogen (secondary N) is 1. The first-order valence-corrected chi connectivity index (χ1v) is 7.14. The standard InChI is InChI=1S/C16H25NO2/c1-12(2)13-4-5-15(19-3)14(10-13)11-16(18)6-8-17-9-7-16/h4-5,10,12,17-18H,6-9,11H2,1-3H3. The molecule has 0 saturated carbocycles. The van der Waals surface area contributed by atoms with Gasteiger partial charge < -0.3 is 15.2 Å². The molecule has 0 amide bonds. The van der Waals surface area contributed by atoms with E-state index in [-0.39, 0.29) is 0 Å². The number of benzene rings is 1. The van der Waals surface area contributed by atoms with Crippen LogP contribution in [0.5, 0.6) is 5.75 Å². The number of ether oxygens (including phenoxy) is 1. The van der Waals surface area contributed by atoms with E-state index in [1.165, 1.54) is 5.56 Å². The first kappa shape index (κ1) is 14.4. The lowest BCUT2D eigenvalue weighted by molar-refractivity contribution is 0.0104. The highest BCUT2D eigenvalue weighted by Gasteiger charge is 2.30. The van der Waals surface area contributed by atoms with Gasteiger partial charge in [-0.25, -0.2) is 0 Å². The van der Waals surface area contributed by atoms with Crippen molar-refractivity contribution in [1.29, 1.82) is 0 Å². The van der Waals surface area contributed by atoms with Crippen LogP contribution in [0, 0.1) is 0 Å². The SMILES string of the molecule is COc1ccc(C(C)C)cc1CC1(O)CCNCC1. The van der Waals surface area contributed by atoms with Gasteiger partial charge in [-0.05, 0) is 49.0 Å². The molecule has 0 radical (unpaired) electrons. The highest BCUT2D eigenvalue weighted by molar-refractivity contribution is 5.39. The molecule has 106 valence electrons. The van der Waals surface area contributed by atoms with E-state index in [0.29, 0.717) is 12.3 Å². The second kappa shape index (κ2) is 5.93. The van der Waals surface area contributed by atoms with Crippen LogP contribution in [-0.2, 0) is 6.42 Å². The number of piperidine rings is 1. The summed E-state index contributed by atoms with van der Waals surface area (Å²) in [6.45, 7) is 6.15. The van der Waals surface area contributed by atoms with Gasteiger partial charge in [0.2, 0.25) is 0 Å². The van der Waals surface area contributed by atoms with Crippen molar-refractivity contribution in [3.05, 3.63) is 29.3 Å². The Morgan fingerprint density at radius 2 is 2.00 bits per heavy atom. The van der Waals surface area contributed by atoms with E-state index in [1.807, 2.05) is 6.07 Å². The van der Waals surface area contributed by atoms with Gasteiger partial charge in [-0.2, -0.15) is 0 Å². The van der Waals surface area contributed by atoms with Crippen LogP contribution < -0.4 is 10.1 Å². The molecule has 3 heteroatoms. The minimum atomic E-state index is -0.589. The monoisotopic (exact) mass is 263 g/mol. The largest absolute Gasteiger partial charge is 0.496 e. The molecule has 1 fully saturated rings.